The van der Waals surface area contributed by atoms with E-state index in [0.717, 1.165) is 18.2 Å². The SMILES string of the molecule is Cc1cc(Nc2c([N+](=O)[O-])cc([N+](=O)[O-])cc2C(F)(F)F)ccc1F. The van der Waals surface area contributed by atoms with Crippen molar-refractivity contribution < 1.29 is 27.4 Å². The normalized spacial score (nSPS) is 11.2. The Morgan fingerprint density at radius 3 is 2.16 bits per heavy atom. The molecular weight excluding hydrogens is 350 g/mol. The first-order chi connectivity index (χ1) is 11.5. The average Bonchev–Trinajstić information content (AvgIpc) is 2.49. The van der Waals surface area contributed by atoms with Crippen molar-refractivity contribution in [2.45, 2.75) is 13.1 Å². The molecule has 0 fully saturated rings. The Balaban J connectivity index is 2.70. The molecule has 25 heavy (non-hydrogen) atoms. The minimum atomic E-state index is -5.09. The fourth-order valence-electron chi connectivity index (χ4n) is 2.08. The van der Waals surface area contributed by atoms with E-state index in [1.807, 2.05) is 0 Å². The Morgan fingerprint density at radius 2 is 1.68 bits per heavy atom. The van der Waals surface area contributed by atoms with E-state index in [1.54, 1.807) is 0 Å². The smallest absolute Gasteiger partial charge is 0.349 e. The summed E-state index contributed by atoms with van der Waals surface area (Å²) in [5.74, 6) is -0.611. The highest BCUT2D eigenvalue weighted by atomic mass is 19.4. The molecule has 0 spiro atoms. The van der Waals surface area contributed by atoms with E-state index in [9.17, 15) is 37.8 Å². The molecule has 0 amide bonds. The molecule has 2 rings (SSSR count). The van der Waals surface area contributed by atoms with Crippen LogP contribution in [-0.2, 0) is 6.18 Å². The number of halogens is 4. The summed E-state index contributed by atoms with van der Waals surface area (Å²) in [4.78, 5) is 19.5. The molecule has 0 unspecified atom stereocenters. The third kappa shape index (κ3) is 3.82. The zero-order chi connectivity index (χ0) is 18.9. The van der Waals surface area contributed by atoms with Crippen molar-refractivity contribution in [1.82, 2.24) is 0 Å². The maximum atomic E-state index is 13.3. The van der Waals surface area contributed by atoms with Crippen molar-refractivity contribution in [3.8, 4) is 0 Å². The molecule has 0 aliphatic rings. The lowest BCUT2D eigenvalue weighted by atomic mass is 10.1. The highest BCUT2D eigenvalue weighted by Crippen LogP contribution is 2.43. The molecule has 11 heteroatoms. The number of alkyl halides is 3. The third-order valence-electron chi connectivity index (χ3n) is 3.24. The van der Waals surface area contributed by atoms with Crippen LogP contribution in [0.1, 0.15) is 11.1 Å². The number of rotatable bonds is 4. The van der Waals surface area contributed by atoms with Gasteiger partial charge in [-0.1, -0.05) is 0 Å². The predicted molar refractivity (Wildman–Crippen MR) is 79.2 cm³/mol. The van der Waals surface area contributed by atoms with Crippen LogP contribution in [0.15, 0.2) is 30.3 Å². The van der Waals surface area contributed by atoms with Gasteiger partial charge in [-0.15, -0.1) is 0 Å². The van der Waals surface area contributed by atoms with E-state index >= 15 is 0 Å². The summed E-state index contributed by atoms with van der Waals surface area (Å²) in [7, 11) is 0. The molecule has 0 heterocycles. The Hall–Kier alpha value is -3.24. The van der Waals surface area contributed by atoms with E-state index in [0.29, 0.717) is 6.07 Å². The number of nitrogens with one attached hydrogen (secondary N) is 1. The van der Waals surface area contributed by atoms with E-state index in [-0.39, 0.29) is 17.3 Å². The second-order valence-electron chi connectivity index (χ2n) is 4.99. The zero-order valence-corrected chi connectivity index (χ0v) is 12.4. The second-order valence-corrected chi connectivity index (χ2v) is 4.99. The van der Waals surface area contributed by atoms with Gasteiger partial charge in [0, 0.05) is 11.8 Å². The molecule has 0 bridgehead atoms. The summed E-state index contributed by atoms with van der Waals surface area (Å²) in [6.07, 6.45) is -5.09. The summed E-state index contributed by atoms with van der Waals surface area (Å²) in [6.45, 7) is 1.36. The average molecular weight is 359 g/mol. The number of hydrogen-bond acceptors (Lipinski definition) is 5. The van der Waals surface area contributed by atoms with Gasteiger partial charge in [0.25, 0.3) is 11.4 Å². The fraction of sp³-hybridized carbons (Fsp3) is 0.143. The fourth-order valence-corrected chi connectivity index (χ4v) is 2.08. The van der Waals surface area contributed by atoms with Crippen LogP contribution in [-0.4, -0.2) is 9.85 Å². The van der Waals surface area contributed by atoms with Crippen LogP contribution in [0.5, 0.6) is 0 Å². The Kier molecular flexibility index (Phi) is 4.59. The monoisotopic (exact) mass is 359 g/mol. The topological polar surface area (TPSA) is 98.3 Å². The zero-order valence-electron chi connectivity index (χ0n) is 12.4. The van der Waals surface area contributed by atoms with Crippen molar-refractivity contribution in [2.24, 2.45) is 0 Å². The van der Waals surface area contributed by atoms with Crippen molar-refractivity contribution in [3.63, 3.8) is 0 Å². The van der Waals surface area contributed by atoms with Gasteiger partial charge in [0.1, 0.15) is 11.5 Å². The van der Waals surface area contributed by atoms with E-state index < -0.39 is 44.5 Å². The molecule has 2 aromatic rings. The number of hydrogen-bond donors (Lipinski definition) is 1. The lowest BCUT2D eigenvalue weighted by Gasteiger charge is -2.15. The van der Waals surface area contributed by atoms with Crippen molar-refractivity contribution in [1.29, 1.82) is 0 Å². The Labute approximate surface area is 137 Å². The molecule has 132 valence electrons. The van der Waals surface area contributed by atoms with Gasteiger partial charge in [-0.05, 0) is 30.7 Å². The molecule has 1 N–H and O–H groups in total. The van der Waals surface area contributed by atoms with Crippen molar-refractivity contribution in [2.75, 3.05) is 5.32 Å². The summed E-state index contributed by atoms with van der Waals surface area (Å²) >= 11 is 0. The lowest BCUT2D eigenvalue weighted by Crippen LogP contribution is -2.12. The second kappa shape index (κ2) is 6.34. The van der Waals surface area contributed by atoms with Gasteiger partial charge in [-0.25, -0.2) is 4.39 Å². The van der Waals surface area contributed by atoms with Crippen LogP contribution in [0.25, 0.3) is 0 Å². The molecule has 0 radical (unpaired) electrons. The minimum Gasteiger partial charge on any atom is -0.349 e. The molecule has 2 aromatic carbocycles. The number of benzene rings is 2. The first-order valence-corrected chi connectivity index (χ1v) is 6.58. The molecule has 0 saturated heterocycles. The van der Waals surface area contributed by atoms with Crippen LogP contribution in [0.2, 0.25) is 0 Å². The number of nitro groups is 2. The van der Waals surface area contributed by atoms with Gasteiger partial charge in [-0.3, -0.25) is 20.2 Å². The van der Waals surface area contributed by atoms with E-state index in [1.165, 1.54) is 6.92 Å². The highest BCUT2D eigenvalue weighted by molar-refractivity contribution is 5.76. The predicted octanol–water partition coefficient (Wildman–Crippen LogP) is 4.71. The van der Waals surface area contributed by atoms with Crippen molar-refractivity contribution in [3.05, 3.63) is 67.5 Å². The summed E-state index contributed by atoms with van der Waals surface area (Å²) in [5.41, 5.74) is -4.67. The highest BCUT2D eigenvalue weighted by Gasteiger charge is 2.39. The molecular formula is C14H9F4N3O4. The number of anilines is 2. The van der Waals surface area contributed by atoms with Crippen molar-refractivity contribution >= 4 is 22.7 Å². The maximum Gasteiger partial charge on any atom is 0.418 e. The van der Waals surface area contributed by atoms with Gasteiger partial charge in [0.05, 0.1) is 21.5 Å². The Bertz CT molecular complexity index is 868. The van der Waals surface area contributed by atoms with Gasteiger partial charge in [0.15, 0.2) is 0 Å². The lowest BCUT2D eigenvalue weighted by molar-refractivity contribution is -0.394. The quantitative estimate of drug-likeness (QED) is 0.484. The van der Waals surface area contributed by atoms with Gasteiger partial charge >= 0.3 is 6.18 Å². The molecule has 0 atom stereocenters. The largest absolute Gasteiger partial charge is 0.418 e. The Morgan fingerprint density at radius 1 is 1.04 bits per heavy atom. The summed E-state index contributed by atoms with van der Waals surface area (Å²) in [5, 5.41) is 24.1. The van der Waals surface area contributed by atoms with E-state index in [4.69, 9.17) is 0 Å². The molecule has 7 nitrogen and oxygen atoms in total. The van der Waals surface area contributed by atoms with Crippen LogP contribution < -0.4 is 5.32 Å². The van der Waals surface area contributed by atoms with Gasteiger partial charge in [-0.2, -0.15) is 13.2 Å². The number of aryl methyl sites for hydroxylation is 1. The van der Waals surface area contributed by atoms with Gasteiger partial charge < -0.3 is 5.32 Å². The standard InChI is InChI=1S/C14H9F4N3O4/c1-7-4-8(2-3-11(7)15)19-13-10(14(16,17)18)5-9(20(22)23)6-12(13)21(24)25/h2-6,19H,1H3. The molecule has 0 aliphatic heterocycles. The summed E-state index contributed by atoms with van der Waals surface area (Å²) in [6, 6.07) is 3.84. The number of nitro benzene ring substituents is 2. The van der Waals surface area contributed by atoms with Crippen LogP contribution >= 0.6 is 0 Å². The number of non-ortho nitro benzene ring substituents is 1. The molecule has 0 aromatic heterocycles. The molecule has 0 saturated carbocycles. The van der Waals surface area contributed by atoms with Gasteiger partial charge in [0.2, 0.25) is 0 Å². The van der Waals surface area contributed by atoms with E-state index in [2.05, 4.69) is 5.32 Å². The van der Waals surface area contributed by atoms with Crippen LogP contribution in [0.4, 0.5) is 40.3 Å². The van der Waals surface area contributed by atoms with Crippen LogP contribution in [0.3, 0.4) is 0 Å². The minimum absolute atomic E-state index is 0.0404. The first kappa shape index (κ1) is 18.1. The van der Waals surface area contributed by atoms with Crippen LogP contribution in [0, 0.1) is 33.0 Å². The summed E-state index contributed by atoms with van der Waals surface area (Å²) < 4.78 is 53.0. The molecule has 0 aliphatic carbocycles. The first-order valence-electron chi connectivity index (χ1n) is 6.58. The maximum absolute atomic E-state index is 13.3. The number of nitrogens with zero attached hydrogens (tertiary/aromatic N) is 2. The third-order valence-corrected chi connectivity index (χ3v) is 3.24.